The molecular formula is C26H29NO5. The molecule has 0 aromatic heterocycles. The van der Waals surface area contributed by atoms with Gasteiger partial charge < -0.3 is 19.5 Å². The van der Waals surface area contributed by atoms with Gasteiger partial charge >= 0.3 is 0 Å². The largest absolute Gasteiger partial charge is 0.503 e. The summed E-state index contributed by atoms with van der Waals surface area (Å²) in [6.45, 7) is 0. The minimum absolute atomic E-state index is 0.0232. The molecule has 32 heavy (non-hydrogen) atoms. The van der Waals surface area contributed by atoms with Crippen LogP contribution in [0.2, 0.25) is 0 Å². The zero-order valence-electron chi connectivity index (χ0n) is 18.5. The number of methoxy groups -OCH3 is 2. The lowest BCUT2D eigenvalue weighted by Crippen LogP contribution is -2.38. The molecular weight excluding hydrogens is 406 g/mol. The number of hydrogen-bond acceptors (Lipinski definition) is 5. The molecule has 2 aliphatic rings. The van der Waals surface area contributed by atoms with Gasteiger partial charge in [-0.2, -0.15) is 0 Å². The van der Waals surface area contributed by atoms with E-state index in [-0.39, 0.29) is 23.8 Å². The minimum atomic E-state index is -0.695. The zero-order chi connectivity index (χ0) is 22.7. The quantitative estimate of drug-likeness (QED) is 0.659. The molecule has 1 saturated carbocycles. The SMILES string of the molecule is COc1cccc(C2C(C(=O)CCc3ccccc3)=C(O)C(=O)N2C2CCCC2)c1OC. The number of aliphatic hydroxyl groups excluding tert-OH is 1. The van der Waals surface area contributed by atoms with Gasteiger partial charge in [0.2, 0.25) is 0 Å². The van der Waals surface area contributed by atoms with Crippen molar-refractivity contribution in [2.24, 2.45) is 0 Å². The van der Waals surface area contributed by atoms with E-state index in [4.69, 9.17) is 9.47 Å². The minimum Gasteiger partial charge on any atom is -0.503 e. The molecule has 1 heterocycles. The number of aryl methyl sites for hydroxylation is 1. The van der Waals surface area contributed by atoms with Crippen molar-refractivity contribution >= 4 is 11.7 Å². The maximum Gasteiger partial charge on any atom is 0.290 e. The molecule has 0 bridgehead atoms. The number of aliphatic hydroxyl groups is 1. The third kappa shape index (κ3) is 3.97. The van der Waals surface area contributed by atoms with Gasteiger partial charge in [-0.05, 0) is 30.9 Å². The number of Topliss-reactive ketones (excluding diaryl/α,β-unsaturated/α-hetero) is 1. The molecule has 6 nitrogen and oxygen atoms in total. The lowest BCUT2D eigenvalue weighted by atomic mass is 9.91. The van der Waals surface area contributed by atoms with E-state index < -0.39 is 17.7 Å². The Morgan fingerprint density at radius 2 is 1.75 bits per heavy atom. The van der Waals surface area contributed by atoms with E-state index in [1.165, 1.54) is 0 Å². The molecule has 1 atom stereocenters. The van der Waals surface area contributed by atoms with Crippen molar-refractivity contribution in [1.29, 1.82) is 0 Å². The second-order valence-electron chi connectivity index (χ2n) is 8.31. The maximum absolute atomic E-state index is 13.4. The Bertz CT molecular complexity index is 1020. The van der Waals surface area contributed by atoms with Crippen molar-refractivity contribution in [3.05, 3.63) is 71.0 Å². The highest BCUT2D eigenvalue weighted by Crippen LogP contribution is 2.47. The fourth-order valence-electron chi connectivity index (χ4n) is 4.94. The topological polar surface area (TPSA) is 76.1 Å². The van der Waals surface area contributed by atoms with E-state index >= 15 is 0 Å². The van der Waals surface area contributed by atoms with E-state index in [1.54, 1.807) is 25.2 Å². The monoisotopic (exact) mass is 435 g/mol. The lowest BCUT2D eigenvalue weighted by Gasteiger charge is -2.33. The first kappa shape index (κ1) is 21.9. The van der Waals surface area contributed by atoms with Crippen molar-refractivity contribution in [1.82, 2.24) is 4.90 Å². The summed E-state index contributed by atoms with van der Waals surface area (Å²) < 4.78 is 11.1. The summed E-state index contributed by atoms with van der Waals surface area (Å²) in [7, 11) is 3.09. The summed E-state index contributed by atoms with van der Waals surface area (Å²) in [4.78, 5) is 28.3. The van der Waals surface area contributed by atoms with Crippen LogP contribution >= 0.6 is 0 Å². The highest BCUT2D eigenvalue weighted by molar-refractivity contribution is 6.09. The second-order valence-corrected chi connectivity index (χ2v) is 8.31. The fourth-order valence-corrected chi connectivity index (χ4v) is 4.94. The van der Waals surface area contributed by atoms with Crippen LogP contribution in [0, 0.1) is 0 Å². The van der Waals surface area contributed by atoms with Crippen molar-refractivity contribution < 1.29 is 24.2 Å². The molecule has 1 unspecified atom stereocenters. The van der Waals surface area contributed by atoms with Crippen LogP contribution in [0.25, 0.3) is 0 Å². The number of ketones is 1. The van der Waals surface area contributed by atoms with Gasteiger partial charge in [-0.3, -0.25) is 9.59 Å². The summed E-state index contributed by atoms with van der Waals surface area (Å²) >= 11 is 0. The number of benzene rings is 2. The Morgan fingerprint density at radius 3 is 2.41 bits per heavy atom. The van der Waals surface area contributed by atoms with E-state index in [2.05, 4.69) is 0 Å². The molecule has 2 aromatic carbocycles. The van der Waals surface area contributed by atoms with Gasteiger partial charge in [0, 0.05) is 18.0 Å². The number of rotatable bonds is 8. The van der Waals surface area contributed by atoms with Crippen molar-refractivity contribution in [3.8, 4) is 11.5 Å². The molecule has 0 saturated heterocycles. The van der Waals surface area contributed by atoms with E-state index in [9.17, 15) is 14.7 Å². The molecule has 0 spiro atoms. The molecule has 1 aliphatic carbocycles. The normalized spacial score (nSPS) is 19.0. The average molecular weight is 436 g/mol. The third-order valence-electron chi connectivity index (χ3n) is 6.47. The first-order valence-corrected chi connectivity index (χ1v) is 11.1. The standard InChI is InChI=1S/C26H29NO5/c1-31-21-14-8-13-19(25(21)32-2)23-22(20(28)16-15-17-9-4-3-5-10-17)24(29)26(30)27(23)18-11-6-7-12-18/h3-5,8-10,13-14,18,23,29H,6-7,11-12,15-16H2,1-2H3. The first-order valence-electron chi connectivity index (χ1n) is 11.1. The zero-order valence-corrected chi connectivity index (χ0v) is 18.5. The Morgan fingerprint density at radius 1 is 1.03 bits per heavy atom. The molecule has 1 fully saturated rings. The first-order chi connectivity index (χ1) is 15.6. The van der Waals surface area contributed by atoms with Crippen LogP contribution in [0.15, 0.2) is 59.9 Å². The maximum atomic E-state index is 13.4. The highest BCUT2D eigenvalue weighted by atomic mass is 16.5. The van der Waals surface area contributed by atoms with Crippen LogP contribution in [-0.4, -0.2) is 42.0 Å². The summed E-state index contributed by atoms with van der Waals surface area (Å²) in [5, 5.41) is 10.9. The summed E-state index contributed by atoms with van der Waals surface area (Å²) in [5.74, 6) is -0.153. The van der Waals surface area contributed by atoms with Gasteiger partial charge in [0.05, 0.1) is 25.8 Å². The predicted molar refractivity (Wildman–Crippen MR) is 121 cm³/mol. The van der Waals surface area contributed by atoms with Gasteiger partial charge in [-0.15, -0.1) is 0 Å². The number of hydrogen-bond donors (Lipinski definition) is 1. The molecule has 0 radical (unpaired) electrons. The van der Waals surface area contributed by atoms with Crippen molar-refractivity contribution in [2.75, 3.05) is 14.2 Å². The Labute approximate surface area is 188 Å². The van der Waals surface area contributed by atoms with Gasteiger partial charge in [0.15, 0.2) is 23.0 Å². The molecule has 2 aromatic rings. The van der Waals surface area contributed by atoms with Crippen LogP contribution in [-0.2, 0) is 16.0 Å². The van der Waals surface area contributed by atoms with Gasteiger partial charge in [0.1, 0.15) is 0 Å². The van der Waals surface area contributed by atoms with Gasteiger partial charge in [-0.1, -0.05) is 55.3 Å². The predicted octanol–water partition coefficient (Wildman–Crippen LogP) is 4.54. The smallest absolute Gasteiger partial charge is 0.290 e. The number of ether oxygens (including phenoxy) is 2. The number of carbonyl (C=O) groups is 2. The van der Waals surface area contributed by atoms with E-state index in [0.29, 0.717) is 23.5 Å². The van der Waals surface area contributed by atoms with Crippen LogP contribution in [0.3, 0.4) is 0 Å². The second kappa shape index (κ2) is 9.47. The summed E-state index contributed by atoms with van der Waals surface area (Å²) in [5.41, 5.74) is 1.84. The van der Waals surface area contributed by atoms with Crippen LogP contribution in [0.1, 0.15) is 49.3 Å². The molecule has 1 N–H and O–H groups in total. The fraction of sp³-hybridized carbons (Fsp3) is 0.385. The van der Waals surface area contributed by atoms with Crippen molar-refractivity contribution in [3.63, 3.8) is 0 Å². The van der Waals surface area contributed by atoms with Crippen LogP contribution < -0.4 is 9.47 Å². The van der Waals surface area contributed by atoms with Crippen LogP contribution in [0.4, 0.5) is 0 Å². The summed E-state index contributed by atoms with van der Waals surface area (Å²) in [6.07, 6.45) is 4.50. The molecule has 4 rings (SSSR count). The third-order valence-corrected chi connectivity index (χ3v) is 6.47. The van der Waals surface area contributed by atoms with E-state index in [1.807, 2.05) is 42.5 Å². The highest BCUT2D eigenvalue weighted by Gasteiger charge is 2.47. The Hall–Kier alpha value is -3.28. The molecule has 1 amide bonds. The molecule has 168 valence electrons. The number of amides is 1. The molecule has 6 heteroatoms. The number of carbonyl (C=O) groups excluding carboxylic acids is 2. The number of para-hydroxylation sites is 1. The van der Waals surface area contributed by atoms with Crippen LogP contribution in [0.5, 0.6) is 11.5 Å². The Kier molecular flexibility index (Phi) is 6.49. The van der Waals surface area contributed by atoms with Crippen molar-refractivity contribution in [2.45, 2.75) is 50.6 Å². The van der Waals surface area contributed by atoms with E-state index in [0.717, 1.165) is 31.2 Å². The summed E-state index contributed by atoms with van der Waals surface area (Å²) in [6, 6.07) is 14.4. The number of nitrogens with zero attached hydrogens (tertiary/aromatic N) is 1. The molecule has 1 aliphatic heterocycles. The average Bonchev–Trinajstić information content (AvgIpc) is 3.44. The lowest BCUT2D eigenvalue weighted by molar-refractivity contribution is -0.131. The van der Waals surface area contributed by atoms with Gasteiger partial charge in [-0.25, -0.2) is 0 Å². The Balaban J connectivity index is 1.74. The van der Waals surface area contributed by atoms with Gasteiger partial charge in [0.25, 0.3) is 5.91 Å².